The molecule has 0 saturated carbocycles. The number of carbonyl (C=O) groups excluding carboxylic acids is 2. The van der Waals surface area contributed by atoms with Crippen molar-refractivity contribution in [2.75, 3.05) is 19.7 Å². The molecule has 1 aliphatic rings. The largest absolute Gasteiger partial charge is 0.493 e. The van der Waals surface area contributed by atoms with Gasteiger partial charge in [-0.3, -0.25) is 9.59 Å². The second-order valence-corrected chi connectivity index (χ2v) is 5.63. The number of primary amides is 1. The van der Waals surface area contributed by atoms with Gasteiger partial charge in [-0.25, -0.2) is 0 Å². The number of hydrogen-bond donors (Lipinski definition) is 3. The van der Waals surface area contributed by atoms with E-state index in [-0.39, 0.29) is 11.9 Å². The number of nitrogens with two attached hydrogens (primary N) is 1. The van der Waals surface area contributed by atoms with Gasteiger partial charge < -0.3 is 21.1 Å². The molecule has 6 nitrogen and oxygen atoms in total. The molecule has 1 heterocycles. The summed E-state index contributed by atoms with van der Waals surface area (Å²) >= 11 is 0. The maximum atomic E-state index is 11.9. The molecule has 1 saturated heterocycles. The molecule has 1 aromatic rings. The van der Waals surface area contributed by atoms with Crippen molar-refractivity contribution in [2.45, 2.75) is 25.8 Å². The van der Waals surface area contributed by atoms with E-state index in [1.54, 1.807) is 24.3 Å². The van der Waals surface area contributed by atoms with Gasteiger partial charge in [-0.2, -0.15) is 0 Å². The van der Waals surface area contributed by atoms with Crippen molar-refractivity contribution in [1.29, 1.82) is 0 Å². The molecule has 2 rings (SSSR count). The summed E-state index contributed by atoms with van der Waals surface area (Å²) in [6, 6.07) is 6.80. The fourth-order valence-corrected chi connectivity index (χ4v) is 2.48. The molecule has 2 unspecified atom stereocenters. The Morgan fingerprint density at radius 2 is 2.09 bits per heavy atom. The minimum atomic E-state index is -0.470. The number of benzene rings is 1. The SMILES string of the molecule is CC1CNCCC1NC(=O)CCOc1ccc(C(N)=O)cc1. The van der Waals surface area contributed by atoms with Crippen LogP contribution in [0.3, 0.4) is 0 Å². The van der Waals surface area contributed by atoms with Gasteiger partial charge in [0.2, 0.25) is 11.8 Å². The van der Waals surface area contributed by atoms with Crippen LogP contribution in [0.2, 0.25) is 0 Å². The third-order valence-corrected chi connectivity index (χ3v) is 3.87. The van der Waals surface area contributed by atoms with Crippen LogP contribution < -0.4 is 21.1 Å². The van der Waals surface area contributed by atoms with Crippen molar-refractivity contribution >= 4 is 11.8 Å². The smallest absolute Gasteiger partial charge is 0.248 e. The average molecular weight is 305 g/mol. The second-order valence-electron chi connectivity index (χ2n) is 5.63. The number of nitrogens with one attached hydrogen (secondary N) is 2. The quantitative estimate of drug-likeness (QED) is 0.720. The Bertz CT molecular complexity index is 516. The van der Waals surface area contributed by atoms with E-state index in [2.05, 4.69) is 17.6 Å². The zero-order chi connectivity index (χ0) is 15.9. The van der Waals surface area contributed by atoms with Gasteiger partial charge in [-0.05, 0) is 49.7 Å². The number of ether oxygens (including phenoxy) is 1. The number of hydrogen-bond acceptors (Lipinski definition) is 4. The first kappa shape index (κ1) is 16.3. The van der Waals surface area contributed by atoms with Crippen LogP contribution in [0.25, 0.3) is 0 Å². The predicted molar refractivity (Wildman–Crippen MR) is 83.7 cm³/mol. The van der Waals surface area contributed by atoms with Crippen molar-refractivity contribution in [3.05, 3.63) is 29.8 Å². The Hall–Kier alpha value is -2.08. The summed E-state index contributed by atoms with van der Waals surface area (Å²) in [5, 5.41) is 6.36. The zero-order valence-corrected chi connectivity index (χ0v) is 12.8. The molecule has 22 heavy (non-hydrogen) atoms. The molecule has 4 N–H and O–H groups in total. The standard InChI is InChI=1S/C16H23N3O3/c1-11-10-18-8-6-14(11)19-15(20)7-9-22-13-4-2-12(3-5-13)16(17)21/h2-5,11,14,18H,6-10H2,1H3,(H2,17,21)(H,19,20). The van der Waals surface area contributed by atoms with Crippen LogP contribution in [0.4, 0.5) is 0 Å². The maximum Gasteiger partial charge on any atom is 0.248 e. The van der Waals surface area contributed by atoms with Crippen LogP contribution in [0.15, 0.2) is 24.3 Å². The van der Waals surface area contributed by atoms with Crippen LogP contribution in [0.1, 0.15) is 30.1 Å². The molecule has 2 atom stereocenters. The van der Waals surface area contributed by atoms with E-state index in [1.807, 2.05) is 0 Å². The summed E-state index contributed by atoms with van der Waals surface area (Å²) < 4.78 is 5.50. The summed E-state index contributed by atoms with van der Waals surface area (Å²) in [5.41, 5.74) is 5.60. The molecule has 0 aliphatic carbocycles. The lowest BCUT2D eigenvalue weighted by atomic mass is 9.95. The lowest BCUT2D eigenvalue weighted by molar-refractivity contribution is -0.122. The van der Waals surface area contributed by atoms with Gasteiger partial charge in [0.15, 0.2) is 0 Å². The molecule has 120 valence electrons. The van der Waals surface area contributed by atoms with E-state index in [0.29, 0.717) is 30.3 Å². The van der Waals surface area contributed by atoms with E-state index in [9.17, 15) is 9.59 Å². The highest BCUT2D eigenvalue weighted by atomic mass is 16.5. The Morgan fingerprint density at radius 1 is 1.36 bits per heavy atom. The molecule has 1 fully saturated rings. The Kier molecular flexibility index (Phi) is 5.77. The lowest BCUT2D eigenvalue weighted by Crippen LogP contribution is -2.48. The van der Waals surface area contributed by atoms with Crippen molar-refractivity contribution in [1.82, 2.24) is 10.6 Å². The molecule has 1 aromatic carbocycles. The summed E-state index contributed by atoms with van der Waals surface area (Å²) in [6.07, 6.45) is 1.27. The molecule has 6 heteroatoms. The Morgan fingerprint density at radius 3 is 2.73 bits per heavy atom. The third-order valence-electron chi connectivity index (χ3n) is 3.87. The molecule has 0 bridgehead atoms. The van der Waals surface area contributed by atoms with Crippen LogP contribution in [0, 0.1) is 5.92 Å². The van der Waals surface area contributed by atoms with E-state index < -0.39 is 5.91 Å². The zero-order valence-electron chi connectivity index (χ0n) is 12.8. The number of rotatable bonds is 6. The van der Waals surface area contributed by atoms with Crippen LogP contribution in [0.5, 0.6) is 5.75 Å². The fourth-order valence-electron chi connectivity index (χ4n) is 2.48. The van der Waals surface area contributed by atoms with Gasteiger partial charge in [0.25, 0.3) is 0 Å². The van der Waals surface area contributed by atoms with E-state index in [0.717, 1.165) is 19.5 Å². The number of amides is 2. The number of piperidine rings is 1. The average Bonchev–Trinajstić information content (AvgIpc) is 2.50. The van der Waals surface area contributed by atoms with Crippen molar-refractivity contribution in [2.24, 2.45) is 11.7 Å². The summed E-state index contributed by atoms with van der Waals surface area (Å²) in [4.78, 5) is 22.9. The van der Waals surface area contributed by atoms with Gasteiger partial charge in [-0.1, -0.05) is 6.92 Å². The molecule has 2 amide bonds. The predicted octanol–water partition coefficient (Wildman–Crippen LogP) is 0.669. The minimum absolute atomic E-state index is 0.00695. The van der Waals surface area contributed by atoms with Gasteiger partial charge in [0.05, 0.1) is 13.0 Å². The highest BCUT2D eigenvalue weighted by Gasteiger charge is 2.22. The van der Waals surface area contributed by atoms with Crippen molar-refractivity contribution in [3.8, 4) is 5.75 Å². The molecular formula is C16H23N3O3. The minimum Gasteiger partial charge on any atom is -0.493 e. The molecule has 0 radical (unpaired) electrons. The first-order valence-corrected chi connectivity index (χ1v) is 7.59. The molecule has 1 aliphatic heterocycles. The summed E-state index contributed by atoms with van der Waals surface area (Å²) in [6.45, 7) is 4.32. The fraction of sp³-hybridized carbons (Fsp3) is 0.500. The molecular weight excluding hydrogens is 282 g/mol. The normalized spacial score (nSPS) is 21.1. The van der Waals surface area contributed by atoms with E-state index >= 15 is 0 Å². The van der Waals surface area contributed by atoms with Gasteiger partial charge in [0.1, 0.15) is 5.75 Å². The second kappa shape index (κ2) is 7.79. The van der Waals surface area contributed by atoms with Gasteiger partial charge in [-0.15, -0.1) is 0 Å². The Labute approximate surface area is 130 Å². The van der Waals surface area contributed by atoms with Crippen LogP contribution >= 0.6 is 0 Å². The summed E-state index contributed by atoms with van der Waals surface area (Å²) in [5.74, 6) is 0.600. The number of carbonyl (C=O) groups is 2. The first-order valence-electron chi connectivity index (χ1n) is 7.59. The Balaban J connectivity index is 1.71. The molecule has 0 spiro atoms. The first-order chi connectivity index (χ1) is 10.6. The maximum absolute atomic E-state index is 11.9. The summed E-state index contributed by atoms with van der Waals surface area (Å²) in [7, 11) is 0. The van der Waals surface area contributed by atoms with E-state index in [1.165, 1.54) is 0 Å². The van der Waals surface area contributed by atoms with Crippen molar-refractivity contribution < 1.29 is 14.3 Å². The lowest BCUT2D eigenvalue weighted by Gasteiger charge is -2.30. The third kappa shape index (κ3) is 4.73. The monoisotopic (exact) mass is 305 g/mol. The molecule has 0 aromatic heterocycles. The highest BCUT2D eigenvalue weighted by Crippen LogP contribution is 2.13. The van der Waals surface area contributed by atoms with Crippen molar-refractivity contribution in [3.63, 3.8) is 0 Å². The van der Waals surface area contributed by atoms with Gasteiger partial charge in [0, 0.05) is 11.6 Å². The van der Waals surface area contributed by atoms with Crippen LogP contribution in [-0.2, 0) is 4.79 Å². The van der Waals surface area contributed by atoms with E-state index in [4.69, 9.17) is 10.5 Å². The van der Waals surface area contributed by atoms with Crippen LogP contribution in [-0.4, -0.2) is 37.6 Å². The van der Waals surface area contributed by atoms with Gasteiger partial charge >= 0.3 is 0 Å². The highest BCUT2D eigenvalue weighted by molar-refractivity contribution is 5.92. The topological polar surface area (TPSA) is 93.4 Å².